The molecule has 11 heavy (non-hydrogen) atoms. The summed E-state index contributed by atoms with van der Waals surface area (Å²) in [7, 11) is 0. The SMILES string of the molecule is O=C(NCCCl)OCCCCl. The highest BCUT2D eigenvalue weighted by Crippen LogP contribution is 1.86. The predicted molar refractivity (Wildman–Crippen MR) is 45.4 cm³/mol. The van der Waals surface area contributed by atoms with Crippen LogP contribution in [0.2, 0.25) is 0 Å². The highest BCUT2D eigenvalue weighted by Gasteiger charge is 1.98. The van der Waals surface area contributed by atoms with Gasteiger partial charge in [0.05, 0.1) is 6.61 Å². The Bertz CT molecular complexity index is 111. The van der Waals surface area contributed by atoms with Crippen LogP contribution in [-0.4, -0.2) is 31.0 Å². The number of alkyl halides is 2. The Hall–Kier alpha value is -0.150. The van der Waals surface area contributed by atoms with E-state index in [-0.39, 0.29) is 0 Å². The van der Waals surface area contributed by atoms with Gasteiger partial charge >= 0.3 is 6.09 Å². The van der Waals surface area contributed by atoms with Gasteiger partial charge in [0.25, 0.3) is 0 Å². The van der Waals surface area contributed by atoms with Crippen LogP contribution in [0.5, 0.6) is 0 Å². The Morgan fingerprint density at radius 2 is 2.09 bits per heavy atom. The lowest BCUT2D eigenvalue weighted by Gasteiger charge is -2.03. The van der Waals surface area contributed by atoms with Crippen molar-refractivity contribution in [3.63, 3.8) is 0 Å². The molecule has 0 aromatic carbocycles. The molecule has 66 valence electrons. The fraction of sp³-hybridized carbons (Fsp3) is 0.833. The molecule has 0 aliphatic heterocycles. The van der Waals surface area contributed by atoms with Gasteiger partial charge < -0.3 is 10.1 Å². The molecule has 0 fully saturated rings. The topological polar surface area (TPSA) is 38.3 Å². The summed E-state index contributed by atoms with van der Waals surface area (Å²) < 4.78 is 4.69. The Labute approximate surface area is 76.0 Å². The summed E-state index contributed by atoms with van der Waals surface area (Å²) in [4.78, 5) is 10.6. The third kappa shape index (κ3) is 7.75. The molecule has 0 radical (unpaired) electrons. The van der Waals surface area contributed by atoms with Crippen LogP contribution < -0.4 is 5.32 Å². The van der Waals surface area contributed by atoms with E-state index in [0.717, 1.165) is 0 Å². The molecule has 1 amide bonds. The number of alkyl carbamates (subject to hydrolysis) is 1. The summed E-state index contributed by atoms with van der Waals surface area (Å²) >= 11 is 10.7. The predicted octanol–water partition coefficient (Wildman–Crippen LogP) is 1.58. The first-order valence-corrected chi connectivity index (χ1v) is 4.40. The van der Waals surface area contributed by atoms with Crippen LogP contribution in [0.3, 0.4) is 0 Å². The zero-order chi connectivity index (χ0) is 8.53. The maximum Gasteiger partial charge on any atom is 0.407 e. The number of hydrogen-bond donors (Lipinski definition) is 1. The summed E-state index contributed by atoms with van der Waals surface area (Å²) in [5.41, 5.74) is 0. The Kier molecular flexibility index (Phi) is 7.84. The van der Waals surface area contributed by atoms with E-state index in [2.05, 4.69) is 5.32 Å². The Morgan fingerprint density at radius 1 is 1.36 bits per heavy atom. The second-order valence-electron chi connectivity index (χ2n) is 1.79. The summed E-state index contributed by atoms with van der Waals surface area (Å²) in [5.74, 6) is 0.896. The fourth-order valence-corrected chi connectivity index (χ4v) is 0.623. The molecule has 5 heteroatoms. The van der Waals surface area contributed by atoms with Gasteiger partial charge in [-0.2, -0.15) is 0 Å². The number of rotatable bonds is 5. The average Bonchev–Trinajstić information content (AvgIpc) is 2.01. The van der Waals surface area contributed by atoms with Crippen LogP contribution in [0.1, 0.15) is 6.42 Å². The summed E-state index contributed by atoms with van der Waals surface area (Å²) in [6.07, 6.45) is 0.242. The van der Waals surface area contributed by atoms with Crippen molar-refractivity contribution in [3.05, 3.63) is 0 Å². The van der Waals surface area contributed by atoms with Crippen molar-refractivity contribution in [1.29, 1.82) is 0 Å². The average molecular weight is 200 g/mol. The number of amides is 1. The number of halogens is 2. The highest BCUT2D eigenvalue weighted by atomic mass is 35.5. The van der Waals surface area contributed by atoms with Gasteiger partial charge in [-0.1, -0.05) is 0 Å². The Balaban J connectivity index is 3.09. The van der Waals surface area contributed by atoms with Crippen molar-refractivity contribution < 1.29 is 9.53 Å². The largest absolute Gasteiger partial charge is 0.450 e. The summed E-state index contributed by atoms with van der Waals surface area (Å²) in [5, 5.41) is 2.46. The summed E-state index contributed by atoms with van der Waals surface area (Å²) in [6.45, 7) is 0.791. The second-order valence-corrected chi connectivity index (χ2v) is 2.55. The number of carbonyl (C=O) groups is 1. The molecule has 0 atom stereocenters. The first kappa shape index (κ1) is 10.8. The monoisotopic (exact) mass is 199 g/mol. The second kappa shape index (κ2) is 7.95. The lowest BCUT2D eigenvalue weighted by Crippen LogP contribution is -2.26. The van der Waals surface area contributed by atoms with E-state index in [1.807, 2.05) is 0 Å². The molecule has 0 aliphatic rings. The zero-order valence-corrected chi connectivity index (χ0v) is 7.62. The molecule has 3 nitrogen and oxygen atoms in total. The molecule has 0 aromatic heterocycles. The molecular formula is C6H11Cl2NO2. The number of ether oxygens (including phenoxy) is 1. The van der Waals surface area contributed by atoms with Gasteiger partial charge in [-0.25, -0.2) is 4.79 Å². The molecule has 0 rings (SSSR count). The van der Waals surface area contributed by atoms with Gasteiger partial charge in [0.1, 0.15) is 0 Å². The molecule has 0 unspecified atom stereocenters. The first-order valence-electron chi connectivity index (χ1n) is 3.33. The molecule has 1 N–H and O–H groups in total. The van der Waals surface area contributed by atoms with Crippen molar-refractivity contribution in [2.45, 2.75) is 6.42 Å². The molecule has 0 saturated carbocycles. The van der Waals surface area contributed by atoms with E-state index >= 15 is 0 Å². The van der Waals surface area contributed by atoms with Gasteiger partial charge in [0, 0.05) is 18.3 Å². The van der Waals surface area contributed by atoms with Crippen LogP contribution in [-0.2, 0) is 4.74 Å². The van der Waals surface area contributed by atoms with Crippen LogP contribution in [0.4, 0.5) is 4.79 Å². The molecular weight excluding hydrogens is 189 g/mol. The summed E-state index contributed by atoms with van der Waals surface area (Å²) in [6, 6.07) is 0. The number of hydrogen-bond acceptors (Lipinski definition) is 2. The molecule has 0 heterocycles. The molecule has 0 saturated heterocycles. The maximum absolute atomic E-state index is 10.6. The normalized spacial score (nSPS) is 9.27. The van der Waals surface area contributed by atoms with Gasteiger partial charge in [-0.05, 0) is 6.42 Å². The van der Waals surface area contributed by atoms with Gasteiger partial charge in [-0.15, -0.1) is 23.2 Å². The minimum atomic E-state index is -0.434. The van der Waals surface area contributed by atoms with E-state index < -0.39 is 6.09 Å². The minimum Gasteiger partial charge on any atom is -0.450 e. The van der Waals surface area contributed by atoms with Gasteiger partial charge in [0.15, 0.2) is 0 Å². The Morgan fingerprint density at radius 3 is 2.64 bits per heavy atom. The van der Waals surface area contributed by atoms with Crippen LogP contribution in [0.25, 0.3) is 0 Å². The minimum absolute atomic E-state index is 0.359. The smallest absolute Gasteiger partial charge is 0.407 e. The molecule has 0 bridgehead atoms. The first-order chi connectivity index (χ1) is 5.31. The van der Waals surface area contributed by atoms with Crippen molar-refractivity contribution in [3.8, 4) is 0 Å². The lowest BCUT2D eigenvalue weighted by atomic mass is 10.5. The van der Waals surface area contributed by atoms with E-state index in [1.165, 1.54) is 0 Å². The van der Waals surface area contributed by atoms with Crippen molar-refractivity contribution in [1.82, 2.24) is 5.32 Å². The van der Waals surface area contributed by atoms with Crippen molar-refractivity contribution in [2.75, 3.05) is 24.9 Å². The number of carbonyl (C=O) groups excluding carboxylic acids is 1. The zero-order valence-electron chi connectivity index (χ0n) is 6.11. The lowest BCUT2D eigenvalue weighted by molar-refractivity contribution is 0.147. The molecule has 0 aliphatic carbocycles. The van der Waals surface area contributed by atoms with Gasteiger partial charge in [-0.3, -0.25) is 0 Å². The maximum atomic E-state index is 10.6. The third-order valence-electron chi connectivity index (χ3n) is 0.875. The van der Waals surface area contributed by atoms with E-state index in [0.29, 0.717) is 31.3 Å². The number of nitrogens with one attached hydrogen (secondary N) is 1. The van der Waals surface area contributed by atoms with Gasteiger partial charge in [0.2, 0.25) is 0 Å². The fourth-order valence-electron chi connectivity index (χ4n) is 0.420. The third-order valence-corrected chi connectivity index (χ3v) is 1.33. The molecule has 0 spiro atoms. The van der Waals surface area contributed by atoms with Crippen LogP contribution in [0, 0.1) is 0 Å². The van der Waals surface area contributed by atoms with E-state index in [4.69, 9.17) is 27.9 Å². The molecule has 0 aromatic rings. The van der Waals surface area contributed by atoms with Crippen molar-refractivity contribution >= 4 is 29.3 Å². The quantitative estimate of drug-likeness (QED) is 0.540. The van der Waals surface area contributed by atoms with Crippen molar-refractivity contribution in [2.24, 2.45) is 0 Å². The van der Waals surface area contributed by atoms with Crippen LogP contribution >= 0.6 is 23.2 Å². The highest BCUT2D eigenvalue weighted by molar-refractivity contribution is 6.18. The van der Waals surface area contributed by atoms with E-state index in [1.54, 1.807) is 0 Å². The van der Waals surface area contributed by atoms with E-state index in [9.17, 15) is 4.79 Å². The standard InChI is InChI=1S/C6H11Cl2NO2/c7-2-1-5-11-6(10)9-4-3-8/h1-5H2,(H,9,10). The van der Waals surface area contributed by atoms with Crippen LogP contribution in [0.15, 0.2) is 0 Å².